The molecule has 0 heterocycles. The van der Waals surface area contributed by atoms with Gasteiger partial charge in [0.05, 0.1) is 0 Å². The van der Waals surface area contributed by atoms with E-state index in [1.165, 1.54) is 17.2 Å². The van der Waals surface area contributed by atoms with Gasteiger partial charge in [0.15, 0.2) is 5.82 Å². The van der Waals surface area contributed by atoms with E-state index in [0.29, 0.717) is 0 Å². The highest BCUT2D eigenvalue weighted by molar-refractivity contribution is 6.17. The van der Waals surface area contributed by atoms with Gasteiger partial charge in [0.1, 0.15) is 5.75 Å². The Kier molecular flexibility index (Phi) is 5.82. The Morgan fingerprint density at radius 1 is 0.952 bits per heavy atom. The molecular formula is C17H20BFO2. The first-order valence-electron chi connectivity index (χ1n) is 7.33. The van der Waals surface area contributed by atoms with Crippen molar-refractivity contribution in [3.8, 4) is 5.75 Å². The Labute approximate surface area is 125 Å². The summed E-state index contributed by atoms with van der Waals surface area (Å²) in [6.07, 6.45) is 3.92. The van der Waals surface area contributed by atoms with Crippen molar-refractivity contribution in [2.75, 3.05) is 0 Å². The molecule has 2 aromatic carbocycles. The summed E-state index contributed by atoms with van der Waals surface area (Å²) in [6.45, 7) is 2.17. The van der Waals surface area contributed by atoms with Crippen LogP contribution in [0.4, 0.5) is 4.39 Å². The summed E-state index contributed by atoms with van der Waals surface area (Å²) in [5.74, 6) is -0.343. The average molecular weight is 286 g/mol. The molecule has 0 saturated heterocycles. The van der Waals surface area contributed by atoms with Gasteiger partial charge < -0.3 is 9.68 Å². The van der Waals surface area contributed by atoms with Crippen LogP contribution >= 0.6 is 0 Å². The van der Waals surface area contributed by atoms with E-state index in [9.17, 15) is 4.39 Å². The lowest BCUT2D eigenvalue weighted by molar-refractivity contribution is 0.431. The standard InChI is InChI=1S/C17H20BFO2/c1-2-3-13-4-6-14(7-5-13)8-9-15-10-11-17(21-18-20)16(19)12-15/h4-7,10-12,18,20H,2-3,8-9H2,1H3. The monoisotopic (exact) mass is 286 g/mol. The fraction of sp³-hybridized carbons (Fsp3) is 0.294. The van der Waals surface area contributed by atoms with Crippen molar-refractivity contribution >= 4 is 7.69 Å². The van der Waals surface area contributed by atoms with Crippen LogP contribution in [-0.4, -0.2) is 12.7 Å². The van der Waals surface area contributed by atoms with Crippen molar-refractivity contribution < 1.29 is 14.1 Å². The molecule has 0 atom stereocenters. The molecule has 0 unspecified atom stereocenters. The van der Waals surface area contributed by atoms with Gasteiger partial charge in [-0.15, -0.1) is 0 Å². The van der Waals surface area contributed by atoms with Crippen molar-refractivity contribution in [1.82, 2.24) is 0 Å². The Morgan fingerprint density at radius 2 is 1.52 bits per heavy atom. The van der Waals surface area contributed by atoms with Gasteiger partial charge in [-0.05, 0) is 48.1 Å². The average Bonchev–Trinajstić information content (AvgIpc) is 2.49. The van der Waals surface area contributed by atoms with Crippen LogP contribution in [-0.2, 0) is 19.3 Å². The molecular weight excluding hydrogens is 266 g/mol. The van der Waals surface area contributed by atoms with Gasteiger partial charge in [-0.3, -0.25) is 0 Å². The maximum Gasteiger partial charge on any atom is 0.504 e. The fourth-order valence-corrected chi connectivity index (χ4v) is 2.34. The SMILES string of the molecule is CCCc1ccc(CCc2ccc(OBO)c(F)c2)cc1. The molecule has 0 aliphatic carbocycles. The Morgan fingerprint density at radius 3 is 2.10 bits per heavy atom. The van der Waals surface area contributed by atoms with Crippen LogP contribution in [0.5, 0.6) is 5.75 Å². The van der Waals surface area contributed by atoms with Gasteiger partial charge in [-0.1, -0.05) is 43.7 Å². The minimum atomic E-state index is -0.514. The summed E-state index contributed by atoms with van der Waals surface area (Å²) in [6, 6.07) is 13.5. The van der Waals surface area contributed by atoms with E-state index in [2.05, 4.69) is 31.2 Å². The molecule has 2 rings (SSSR count). The van der Waals surface area contributed by atoms with Crippen molar-refractivity contribution in [2.45, 2.75) is 32.6 Å². The topological polar surface area (TPSA) is 29.5 Å². The van der Waals surface area contributed by atoms with Gasteiger partial charge in [-0.2, -0.15) is 0 Å². The van der Waals surface area contributed by atoms with Gasteiger partial charge in [-0.25, -0.2) is 4.39 Å². The minimum absolute atomic E-state index is 0.0881. The molecule has 0 saturated carbocycles. The Hall–Kier alpha value is -1.81. The predicted molar refractivity (Wildman–Crippen MR) is 84.2 cm³/mol. The summed E-state index contributed by atoms with van der Waals surface area (Å²) in [7, 11) is -0.514. The van der Waals surface area contributed by atoms with Crippen LogP contribution in [0.3, 0.4) is 0 Å². The molecule has 2 aromatic rings. The highest BCUT2D eigenvalue weighted by Gasteiger charge is 2.05. The van der Waals surface area contributed by atoms with E-state index in [4.69, 9.17) is 9.68 Å². The highest BCUT2D eigenvalue weighted by atomic mass is 19.1. The number of hydrogen-bond donors (Lipinski definition) is 1. The summed E-state index contributed by atoms with van der Waals surface area (Å²) < 4.78 is 18.4. The lowest BCUT2D eigenvalue weighted by Crippen LogP contribution is -2.02. The van der Waals surface area contributed by atoms with Crippen LogP contribution in [0, 0.1) is 5.82 Å². The molecule has 0 aliphatic heterocycles. The zero-order valence-electron chi connectivity index (χ0n) is 12.3. The van der Waals surface area contributed by atoms with Crippen molar-refractivity contribution in [3.63, 3.8) is 0 Å². The smallest absolute Gasteiger partial charge is 0.504 e. The van der Waals surface area contributed by atoms with Crippen LogP contribution < -0.4 is 4.65 Å². The minimum Gasteiger partial charge on any atom is -0.537 e. The van der Waals surface area contributed by atoms with E-state index in [1.807, 2.05) is 6.07 Å². The van der Waals surface area contributed by atoms with Crippen molar-refractivity contribution in [2.24, 2.45) is 0 Å². The Bertz CT molecular complexity index is 570. The van der Waals surface area contributed by atoms with Crippen LogP contribution in [0.1, 0.15) is 30.0 Å². The lowest BCUT2D eigenvalue weighted by atomic mass is 10.0. The second-order valence-electron chi connectivity index (χ2n) is 5.10. The van der Waals surface area contributed by atoms with Gasteiger partial charge >= 0.3 is 7.69 Å². The molecule has 110 valence electrons. The number of halogens is 1. The molecule has 21 heavy (non-hydrogen) atoms. The van der Waals surface area contributed by atoms with Crippen LogP contribution in [0.15, 0.2) is 42.5 Å². The van der Waals surface area contributed by atoms with Gasteiger partial charge in [0.2, 0.25) is 0 Å². The zero-order chi connectivity index (χ0) is 15.1. The van der Waals surface area contributed by atoms with Crippen molar-refractivity contribution in [3.05, 3.63) is 65.0 Å². The number of hydrogen-bond acceptors (Lipinski definition) is 2. The fourth-order valence-electron chi connectivity index (χ4n) is 2.34. The van der Waals surface area contributed by atoms with E-state index >= 15 is 0 Å². The second kappa shape index (κ2) is 7.84. The maximum absolute atomic E-state index is 13.7. The largest absolute Gasteiger partial charge is 0.537 e. The maximum atomic E-state index is 13.7. The summed E-state index contributed by atoms with van der Waals surface area (Å²) >= 11 is 0. The molecule has 1 N–H and O–H groups in total. The van der Waals surface area contributed by atoms with E-state index < -0.39 is 13.5 Å². The molecule has 0 aliphatic rings. The van der Waals surface area contributed by atoms with Gasteiger partial charge in [0.25, 0.3) is 0 Å². The number of benzene rings is 2. The third-order valence-electron chi connectivity index (χ3n) is 3.48. The first-order chi connectivity index (χ1) is 10.2. The normalized spacial score (nSPS) is 10.4. The molecule has 0 radical (unpaired) electrons. The summed E-state index contributed by atoms with van der Waals surface area (Å²) in [5.41, 5.74) is 3.54. The van der Waals surface area contributed by atoms with Crippen LogP contribution in [0.2, 0.25) is 0 Å². The Balaban J connectivity index is 1.94. The summed E-state index contributed by atoms with van der Waals surface area (Å²) in [5, 5.41) is 8.64. The first-order valence-corrected chi connectivity index (χ1v) is 7.33. The van der Waals surface area contributed by atoms with E-state index in [-0.39, 0.29) is 5.75 Å². The van der Waals surface area contributed by atoms with E-state index in [0.717, 1.165) is 31.2 Å². The molecule has 0 aromatic heterocycles. The summed E-state index contributed by atoms with van der Waals surface area (Å²) in [4.78, 5) is 0. The number of aryl methyl sites for hydroxylation is 3. The third-order valence-corrected chi connectivity index (χ3v) is 3.48. The molecule has 0 spiro atoms. The van der Waals surface area contributed by atoms with Crippen molar-refractivity contribution in [1.29, 1.82) is 0 Å². The zero-order valence-corrected chi connectivity index (χ0v) is 12.3. The van der Waals surface area contributed by atoms with E-state index in [1.54, 1.807) is 6.07 Å². The molecule has 0 bridgehead atoms. The first kappa shape index (κ1) is 15.6. The molecule has 2 nitrogen and oxygen atoms in total. The highest BCUT2D eigenvalue weighted by Crippen LogP contribution is 2.19. The molecule has 0 fully saturated rings. The molecule has 4 heteroatoms. The van der Waals surface area contributed by atoms with Gasteiger partial charge in [0, 0.05) is 0 Å². The lowest BCUT2D eigenvalue weighted by Gasteiger charge is -2.07. The quantitative estimate of drug-likeness (QED) is 0.792. The predicted octanol–water partition coefficient (Wildman–Crippen LogP) is 3.20. The second-order valence-corrected chi connectivity index (χ2v) is 5.10. The number of rotatable bonds is 7. The molecule has 0 amide bonds. The van der Waals surface area contributed by atoms with Crippen LogP contribution in [0.25, 0.3) is 0 Å². The third kappa shape index (κ3) is 4.60.